The second-order valence-corrected chi connectivity index (χ2v) is 19.5. The Bertz CT molecular complexity index is 2600. The van der Waals surface area contributed by atoms with Crippen LogP contribution in [0.15, 0.2) is 47.7 Å². The molecule has 59 heavy (non-hydrogen) atoms. The summed E-state index contributed by atoms with van der Waals surface area (Å²) in [5.74, 6) is 1.70. The van der Waals surface area contributed by atoms with Crippen molar-refractivity contribution in [1.82, 2.24) is 0 Å². The fourth-order valence-corrected chi connectivity index (χ4v) is 13.7. The second-order valence-electron chi connectivity index (χ2n) is 16.3. The Hall–Kier alpha value is -5.42. The van der Waals surface area contributed by atoms with Crippen LogP contribution in [0, 0.1) is 40.6 Å². The highest BCUT2D eigenvalue weighted by molar-refractivity contribution is 7.25. The zero-order chi connectivity index (χ0) is 40.7. The van der Waals surface area contributed by atoms with E-state index in [-0.39, 0.29) is 22.1 Å². The van der Waals surface area contributed by atoms with E-state index < -0.39 is 0 Å². The van der Waals surface area contributed by atoms with Crippen molar-refractivity contribution in [1.29, 1.82) is 15.8 Å². The third-order valence-electron chi connectivity index (χ3n) is 12.8. The first-order valence-electron chi connectivity index (χ1n) is 20.9. The summed E-state index contributed by atoms with van der Waals surface area (Å²) in [5, 5.41) is 31.3. The molecule has 3 aromatic heterocycles. The molecule has 0 atom stereocenters. The quantitative estimate of drug-likeness (QED) is 0.103. The Labute approximate surface area is 358 Å². The lowest BCUT2D eigenvalue weighted by atomic mass is 9.66. The molecule has 4 aliphatic rings. The van der Waals surface area contributed by atoms with E-state index in [0.717, 1.165) is 69.5 Å². The van der Waals surface area contributed by atoms with Crippen molar-refractivity contribution in [2.45, 2.75) is 102 Å². The van der Waals surface area contributed by atoms with Crippen molar-refractivity contribution in [3.8, 4) is 29.7 Å². The van der Waals surface area contributed by atoms with Gasteiger partial charge in [0.1, 0.15) is 29.2 Å². The Morgan fingerprint density at radius 3 is 1.56 bits per heavy atom. The Morgan fingerprint density at radius 1 is 0.661 bits per heavy atom. The second kappa shape index (κ2) is 16.0. The SMILES string of the molecule is [C-]#[N+]/C(C#N)=C/c1cc(OCCC)c(C2=Cc3cc4sc5cc6c(cc5c4cc3C23CCCCC3)C2(CCCCC2)C(c2sc(C=C(C#N)C#N)cc2OCCC)=C6)s1. The molecular weight excluding hydrogens is 785 g/mol. The third kappa shape index (κ3) is 6.62. The number of hydrogen-bond acceptors (Lipinski definition) is 8. The minimum Gasteiger partial charge on any atom is -0.492 e. The summed E-state index contributed by atoms with van der Waals surface area (Å²) in [5.41, 5.74) is 7.99. The van der Waals surface area contributed by atoms with Gasteiger partial charge in [0.25, 0.3) is 5.70 Å². The number of thiophene rings is 3. The Morgan fingerprint density at radius 2 is 1.14 bits per heavy atom. The van der Waals surface area contributed by atoms with E-state index in [9.17, 15) is 15.8 Å². The van der Waals surface area contributed by atoms with Crippen LogP contribution in [-0.2, 0) is 10.8 Å². The molecule has 0 aliphatic heterocycles. The van der Waals surface area contributed by atoms with Crippen LogP contribution in [0.3, 0.4) is 0 Å². The predicted octanol–water partition coefficient (Wildman–Crippen LogP) is 14.5. The molecule has 2 spiro atoms. The molecule has 2 fully saturated rings. The van der Waals surface area contributed by atoms with Gasteiger partial charge in [0.15, 0.2) is 0 Å². The van der Waals surface area contributed by atoms with Gasteiger partial charge in [0.05, 0.1) is 35.6 Å². The summed E-state index contributed by atoms with van der Waals surface area (Å²) in [4.78, 5) is 7.43. The lowest BCUT2D eigenvalue weighted by Crippen LogP contribution is -2.28. The van der Waals surface area contributed by atoms with Crippen LogP contribution in [0.25, 0.3) is 60.5 Å². The van der Waals surface area contributed by atoms with Crippen LogP contribution in [0.1, 0.15) is 133 Å². The third-order valence-corrected chi connectivity index (χ3v) is 16.1. The van der Waals surface area contributed by atoms with Crippen LogP contribution in [0.2, 0.25) is 0 Å². The number of benzene rings is 2. The highest BCUT2D eigenvalue weighted by atomic mass is 32.1. The van der Waals surface area contributed by atoms with Crippen molar-refractivity contribution in [3.63, 3.8) is 0 Å². The molecule has 9 rings (SSSR count). The highest BCUT2D eigenvalue weighted by Crippen LogP contribution is 2.61. The van der Waals surface area contributed by atoms with E-state index in [1.165, 1.54) is 92.1 Å². The lowest BCUT2D eigenvalue weighted by molar-refractivity contribution is 0.316. The summed E-state index contributed by atoms with van der Waals surface area (Å²) < 4.78 is 15.4. The highest BCUT2D eigenvalue weighted by Gasteiger charge is 2.46. The molecule has 4 aliphatic carbocycles. The Balaban J connectivity index is 1.18. The molecule has 0 saturated heterocycles. The number of allylic oxidation sites excluding steroid dienone is 4. The monoisotopic (exact) mass is 828 g/mol. The maximum Gasteiger partial charge on any atom is 0.263 e. The fraction of sp³-hybridized carbons (Fsp3) is 0.360. The molecule has 0 N–H and O–H groups in total. The number of hydrogen-bond donors (Lipinski definition) is 0. The van der Waals surface area contributed by atoms with Gasteiger partial charge in [-0.15, -0.1) is 34.0 Å². The van der Waals surface area contributed by atoms with Gasteiger partial charge in [-0.2, -0.15) is 10.5 Å². The van der Waals surface area contributed by atoms with Gasteiger partial charge >= 0.3 is 0 Å². The van der Waals surface area contributed by atoms with Crippen LogP contribution in [0.5, 0.6) is 11.5 Å². The number of ether oxygens (including phenoxy) is 2. The standard InChI is InChI=1S/C50H44N4O2S3/c1-4-16-55-43-24-35(18-31(28-51)29-52)57-47(43)41-19-32-21-45-37(26-39(32)49(41)12-8-6-9-13-49)38-27-40-33(22-46(38)59-45)20-42(50(40)14-10-7-11-15-50)48-44(56-17-5-2)25-36(58-48)23-34(30-53)54-3/h18-27H,4-17H2,1-2H3/b34-23+. The van der Waals surface area contributed by atoms with Crippen molar-refractivity contribution in [2.75, 3.05) is 13.2 Å². The van der Waals surface area contributed by atoms with Gasteiger partial charge < -0.3 is 9.47 Å². The van der Waals surface area contributed by atoms with Gasteiger partial charge in [-0.25, -0.2) is 10.1 Å². The fourth-order valence-electron chi connectivity index (χ4n) is 10.2. The van der Waals surface area contributed by atoms with Gasteiger partial charge in [-0.05, 0) is 133 Å². The largest absolute Gasteiger partial charge is 0.492 e. The lowest BCUT2D eigenvalue weighted by Gasteiger charge is -2.38. The maximum atomic E-state index is 9.56. The predicted molar refractivity (Wildman–Crippen MR) is 244 cm³/mol. The van der Waals surface area contributed by atoms with E-state index in [4.69, 9.17) is 16.0 Å². The average Bonchev–Trinajstić information content (AvgIpc) is 4.07. The van der Waals surface area contributed by atoms with Crippen molar-refractivity contribution in [3.05, 3.63) is 101 Å². The molecule has 2 aromatic carbocycles. The molecule has 0 bridgehead atoms. The van der Waals surface area contributed by atoms with E-state index in [1.54, 1.807) is 34.8 Å². The minimum absolute atomic E-state index is 0.0826. The first-order chi connectivity index (χ1) is 28.9. The topological polar surface area (TPSA) is 94.2 Å². The molecule has 9 heteroatoms. The zero-order valence-corrected chi connectivity index (χ0v) is 36.0. The smallest absolute Gasteiger partial charge is 0.263 e. The van der Waals surface area contributed by atoms with Gasteiger partial charge in [-0.1, -0.05) is 52.4 Å². The number of fused-ring (bicyclic) bond motifs is 7. The van der Waals surface area contributed by atoms with Gasteiger partial charge in [0.2, 0.25) is 0 Å². The minimum atomic E-state index is -0.131. The van der Waals surface area contributed by atoms with E-state index in [1.807, 2.05) is 41.7 Å². The molecule has 2 saturated carbocycles. The number of rotatable bonds is 10. The summed E-state index contributed by atoms with van der Waals surface area (Å²) in [7, 11) is 0. The molecule has 0 amide bonds. The number of nitrogens with zero attached hydrogens (tertiary/aromatic N) is 4. The van der Waals surface area contributed by atoms with Gasteiger partial charge in [0, 0.05) is 40.8 Å². The molecule has 5 aromatic rings. The Kier molecular flexibility index (Phi) is 10.6. The zero-order valence-electron chi connectivity index (χ0n) is 33.5. The summed E-state index contributed by atoms with van der Waals surface area (Å²) in [6.07, 6.45) is 21.5. The molecule has 0 radical (unpaired) electrons. The molecule has 294 valence electrons. The van der Waals surface area contributed by atoms with E-state index in [0.29, 0.717) is 13.2 Å². The van der Waals surface area contributed by atoms with E-state index >= 15 is 0 Å². The number of nitriles is 3. The normalized spacial score (nSPS) is 17.4. The molecular formula is C50H44N4O2S3. The van der Waals surface area contributed by atoms with Crippen LogP contribution in [-0.4, -0.2) is 13.2 Å². The first kappa shape index (κ1) is 39.1. The summed E-state index contributed by atoms with van der Waals surface area (Å²) in [6.45, 7) is 12.9. The first-order valence-corrected chi connectivity index (χ1v) is 23.4. The summed E-state index contributed by atoms with van der Waals surface area (Å²) in [6, 6.07) is 20.1. The molecule has 3 heterocycles. The van der Waals surface area contributed by atoms with Crippen molar-refractivity contribution >= 4 is 89.6 Å². The maximum absolute atomic E-state index is 9.56. The van der Waals surface area contributed by atoms with Crippen LogP contribution >= 0.6 is 34.0 Å². The molecule has 6 nitrogen and oxygen atoms in total. The van der Waals surface area contributed by atoms with Crippen LogP contribution in [0.4, 0.5) is 0 Å². The average molecular weight is 829 g/mol. The van der Waals surface area contributed by atoms with Gasteiger partial charge in [-0.3, -0.25) is 0 Å². The van der Waals surface area contributed by atoms with Crippen LogP contribution < -0.4 is 9.47 Å². The van der Waals surface area contributed by atoms with Crippen molar-refractivity contribution in [2.24, 2.45) is 0 Å². The summed E-state index contributed by atoms with van der Waals surface area (Å²) >= 11 is 5.16. The van der Waals surface area contributed by atoms with E-state index in [2.05, 4.69) is 55.1 Å². The van der Waals surface area contributed by atoms with Crippen molar-refractivity contribution < 1.29 is 9.47 Å². The molecule has 0 unspecified atom stereocenters.